The largest absolute Gasteiger partial charge is 0.465 e. The molecule has 0 unspecified atom stereocenters. The van der Waals surface area contributed by atoms with E-state index in [-0.39, 0.29) is 5.91 Å². The van der Waals surface area contributed by atoms with Gasteiger partial charge in [0.05, 0.1) is 5.56 Å². The molecular formula is C13H13IN2O3. The van der Waals surface area contributed by atoms with Crippen molar-refractivity contribution in [1.29, 1.82) is 0 Å². The number of carbonyl (C=O) groups is 2. The van der Waals surface area contributed by atoms with E-state index in [1.54, 1.807) is 18.2 Å². The Morgan fingerprint density at radius 1 is 1.32 bits per heavy atom. The molecule has 0 bridgehead atoms. The number of benzene rings is 1. The Morgan fingerprint density at radius 2 is 2.00 bits per heavy atom. The molecule has 100 valence electrons. The molecule has 2 amide bonds. The Kier molecular flexibility index (Phi) is 6.15. The molecular weight excluding hydrogens is 359 g/mol. The van der Waals surface area contributed by atoms with Crippen molar-refractivity contribution in [3.63, 3.8) is 0 Å². The molecule has 0 saturated carbocycles. The summed E-state index contributed by atoms with van der Waals surface area (Å²) in [5.74, 6) is 2.27. The van der Waals surface area contributed by atoms with Crippen LogP contribution in [0.3, 0.4) is 0 Å². The molecule has 1 aromatic carbocycles. The van der Waals surface area contributed by atoms with E-state index in [4.69, 9.17) is 11.5 Å². The van der Waals surface area contributed by atoms with Gasteiger partial charge in [0.25, 0.3) is 5.91 Å². The molecule has 0 aliphatic heterocycles. The maximum atomic E-state index is 11.9. The summed E-state index contributed by atoms with van der Waals surface area (Å²) < 4.78 is 0.817. The van der Waals surface area contributed by atoms with Crippen molar-refractivity contribution in [2.75, 3.05) is 13.1 Å². The van der Waals surface area contributed by atoms with Gasteiger partial charge in [-0.3, -0.25) is 4.79 Å². The fourth-order valence-electron chi connectivity index (χ4n) is 1.37. The Hall–Kier alpha value is -1.75. The van der Waals surface area contributed by atoms with Crippen molar-refractivity contribution in [2.24, 2.45) is 0 Å². The minimum atomic E-state index is -1.07. The van der Waals surface area contributed by atoms with Crippen molar-refractivity contribution >= 4 is 34.6 Å². The first-order valence-corrected chi connectivity index (χ1v) is 6.63. The predicted octanol–water partition coefficient (Wildman–Crippen LogP) is 1.66. The Morgan fingerprint density at radius 3 is 2.63 bits per heavy atom. The normalized spacial score (nSPS) is 9.47. The number of hydrogen-bond acceptors (Lipinski definition) is 2. The average Bonchev–Trinajstić information content (AvgIpc) is 2.38. The van der Waals surface area contributed by atoms with E-state index in [1.807, 2.05) is 0 Å². The van der Waals surface area contributed by atoms with Crippen molar-refractivity contribution < 1.29 is 14.7 Å². The van der Waals surface area contributed by atoms with E-state index in [0.717, 1.165) is 3.57 Å². The van der Waals surface area contributed by atoms with Gasteiger partial charge in [-0.15, -0.1) is 6.42 Å². The maximum absolute atomic E-state index is 11.9. The fourth-order valence-corrected chi connectivity index (χ4v) is 1.95. The first kappa shape index (κ1) is 15.3. The summed E-state index contributed by atoms with van der Waals surface area (Å²) in [5, 5.41) is 13.3. The predicted molar refractivity (Wildman–Crippen MR) is 80.1 cm³/mol. The third-order valence-corrected chi connectivity index (χ3v) is 3.23. The lowest BCUT2D eigenvalue weighted by atomic mass is 10.1. The minimum Gasteiger partial charge on any atom is -0.465 e. The number of carbonyl (C=O) groups excluding carboxylic acids is 1. The van der Waals surface area contributed by atoms with Crippen LogP contribution in [-0.2, 0) is 0 Å². The van der Waals surface area contributed by atoms with Crippen LogP contribution in [0.5, 0.6) is 0 Å². The van der Waals surface area contributed by atoms with Gasteiger partial charge in [-0.25, -0.2) is 4.79 Å². The minimum absolute atomic E-state index is 0.211. The average molecular weight is 372 g/mol. The number of hydrogen-bond donors (Lipinski definition) is 3. The fraction of sp³-hybridized carbons (Fsp3) is 0.231. The highest BCUT2D eigenvalue weighted by molar-refractivity contribution is 14.1. The summed E-state index contributed by atoms with van der Waals surface area (Å²) in [4.78, 5) is 22.1. The first-order chi connectivity index (χ1) is 9.04. The first-order valence-electron chi connectivity index (χ1n) is 5.55. The van der Waals surface area contributed by atoms with E-state index in [1.165, 1.54) is 0 Å². The van der Waals surface area contributed by atoms with E-state index in [2.05, 4.69) is 39.1 Å². The van der Waals surface area contributed by atoms with Gasteiger partial charge in [0.1, 0.15) is 0 Å². The van der Waals surface area contributed by atoms with Crippen molar-refractivity contribution in [3.8, 4) is 12.3 Å². The van der Waals surface area contributed by atoms with E-state index < -0.39 is 6.09 Å². The van der Waals surface area contributed by atoms with Crippen molar-refractivity contribution in [3.05, 3.63) is 32.9 Å². The van der Waals surface area contributed by atoms with Gasteiger partial charge in [-0.05, 0) is 47.2 Å². The summed E-state index contributed by atoms with van der Waals surface area (Å²) in [7, 11) is 0. The maximum Gasteiger partial charge on any atom is 0.404 e. The summed E-state index contributed by atoms with van der Waals surface area (Å²) in [5.41, 5.74) is 1.18. The zero-order valence-electron chi connectivity index (χ0n) is 10.1. The number of carboxylic acid groups (broad SMARTS) is 1. The number of rotatable bonds is 5. The molecule has 0 fully saturated rings. The summed E-state index contributed by atoms with van der Waals surface area (Å²) >= 11 is 2.07. The van der Waals surface area contributed by atoms with Crippen LogP contribution in [0.15, 0.2) is 18.2 Å². The molecule has 0 aliphatic carbocycles. The van der Waals surface area contributed by atoms with Crippen LogP contribution >= 0.6 is 22.6 Å². The van der Waals surface area contributed by atoms with Crippen LogP contribution in [0.1, 0.15) is 22.3 Å². The lowest BCUT2D eigenvalue weighted by Gasteiger charge is -2.07. The molecule has 0 heterocycles. The lowest BCUT2D eigenvalue weighted by Crippen LogP contribution is -2.29. The molecule has 0 spiro atoms. The molecule has 1 rings (SSSR count). The molecule has 0 atom stereocenters. The van der Waals surface area contributed by atoms with Crippen LogP contribution in [0.25, 0.3) is 0 Å². The Bertz CT molecular complexity index is 523. The van der Waals surface area contributed by atoms with E-state index in [0.29, 0.717) is 30.6 Å². The van der Waals surface area contributed by atoms with E-state index >= 15 is 0 Å². The lowest BCUT2D eigenvalue weighted by molar-refractivity contribution is 0.0952. The molecule has 6 heteroatoms. The topological polar surface area (TPSA) is 78.4 Å². The van der Waals surface area contributed by atoms with Gasteiger partial charge in [-0.2, -0.15) is 0 Å². The van der Waals surface area contributed by atoms with Crippen molar-refractivity contribution in [1.82, 2.24) is 10.6 Å². The SMILES string of the molecule is C#Cc1ccc(I)c(C(=O)NCCCNC(=O)O)c1. The van der Waals surface area contributed by atoms with Crippen LogP contribution in [0, 0.1) is 15.9 Å². The molecule has 0 radical (unpaired) electrons. The molecule has 19 heavy (non-hydrogen) atoms. The highest BCUT2D eigenvalue weighted by Crippen LogP contribution is 2.14. The monoisotopic (exact) mass is 372 g/mol. The third kappa shape index (κ3) is 5.18. The number of halogens is 1. The Labute approximate surface area is 124 Å². The second kappa shape index (κ2) is 7.63. The molecule has 0 saturated heterocycles. The molecule has 3 N–H and O–H groups in total. The molecule has 1 aromatic rings. The smallest absolute Gasteiger partial charge is 0.404 e. The van der Waals surface area contributed by atoms with Gasteiger partial charge in [0, 0.05) is 22.2 Å². The van der Waals surface area contributed by atoms with Gasteiger partial charge >= 0.3 is 6.09 Å². The van der Waals surface area contributed by atoms with Gasteiger partial charge in [0.15, 0.2) is 0 Å². The second-order valence-corrected chi connectivity index (χ2v) is 4.84. The van der Waals surface area contributed by atoms with Crippen LogP contribution in [0.2, 0.25) is 0 Å². The number of nitrogens with one attached hydrogen (secondary N) is 2. The van der Waals surface area contributed by atoms with Gasteiger partial charge < -0.3 is 15.7 Å². The standard InChI is InChI=1S/C13H13IN2O3/c1-2-9-4-5-11(14)10(8-9)12(17)15-6-3-7-16-13(18)19/h1,4-5,8,16H,3,6-7H2,(H,15,17)(H,18,19). The van der Waals surface area contributed by atoms with Crippen LogP contribution in [-0.4, -0.2) is 30.2 Å². The zero-order valence-corrected chi connectivity index (χ0v) is 12.2. The van der Waals surface area contributed by atoms with Crippen LogP contribution in [0.4, 0.5) is 4.79 Å². The second-order valence-electron chi connectivity index (χ2n) is 3.68. The van der Waals surface area contributed by atoms with Crippen molar-refractivity contribution in [2.45, 2.75) is 6.42 Å². The Balaban J connectivity index is 2.50. The van der Waals surface area contributed by atoms with Gasteiger partial charge in [-0.1, -0.05) is 5.92 Å². The van der Waals surface area contributed by atoms with Crippen LogP contribution < -0.4 is 10.6 Å². The molecule has 0 aliphatic rings. The highest BCUT2D eigenvalue weighted by atomic mass is 127. The van der Waals surface area contributed by atoms with Gasteiger partial charge in [0.2, 0.25) is 0 Å². The number of amides is 2. The van der Waals surface area contributed by atoms with E-state index in [9.17, 15) is 9.59 Å². The molecule has 5 nitrogen and oxygen atoms in total. The zero-order chi connectivity index (χ0) is 14.3. The highest BCUT2D eigenvalue weighted by Gasteiger charge is 2.09. The molecule has 0 aromatic heterocycles. The third-order valence-electron chi connectivity index (χ3n) is 2.29. The summed E-state index contributed by atoms with van der Waals surface area (Å²) in [6.45, 7) is 0.701. The number of terminal acetylenes is 1. The quantitative estimate of drug-likeness (QED) is 0.418. The summed E-state index contributed by atoms with van der Waals surface area (Å²) in [6.07, 6.45) is 4.75. The summed E-state index contributed by atoms with van der Waals surface area (Å²) in [6, 6.07) is 5.22.